The first-order chi connectivity index (χ1) is 14.7. The Labute approximate surface area is 181 Å². The standard InChI is InChI=1S/C23H26N4O2S/c1-3-26-21(15-29-19-11-6-8-17(2)14-19)24-25-23(26)30-16-22(28)27-13-7-10-18-9-4-5-12-20(18)27/h4-6,8-9,11-12,14H,3,7,10,13,15-16H2,1-2H3. The van der Waals surface area contributed by atoms with Crippen LogP contribution < -0.4 is 9.64 Å². The van der Waals surface area contributed by atoms with Crippen molar-refractivity contribution in [1.82, 2.24) is 14.8 Å². The second-order valence-electron chi connectivity index (χ2n) is 7.31. The molecule has 0 atom stereocenters. The van der Waals surface area contributed by atoms with E-state index in [2.05, 4.69) is 16.3 Å². The number of hydrogen-bond donors (Lipinski definition) is 0. The van der Waals surface area contributed by atoms with Gasteiger partial charge in [-0.25, -0.2) is 0 Å². The molecule has 7 heteroatoms. The maximum atomic E-state index is 12.9. The van der Waals surface area contributed by atoms with Crippen LogP contribution in [0.3, 0.4) is 0 Å². The number of amides is 1. The smallest absolute Gasteiger partial charge is 0.237 e. The van der Waals surface area contributed by atoms with Gasteiger partial charge in [-0.1, -0.05) is 42.1 Å². The van der Waals surface area contributed by atoms with Crippen molar-refractivity contribution in [2.45, 2.75) is 45.0 Å². The van der Waals surface area contributed by atoms with E-state index in [0.29, 0.717) is 12.4 Å². The van der Waals surface area contributed by atoms with E-state index in [1.807, 2.05) is 65.8 Å². The quantitative estimate of drug-likeness (QED) is 0.533. The molecule has 1 amide bonds. The molecule has 0 saturated carbocycles. The highest BCUT2D eigenvalue weighted by Crippen LogP contribution is 2.28. The topological polar surface area (TPSA) is 60.2 Å². The largest absolute Gasteiger partial charge is 0.486 e. The summed E-state index contributed by atoms with van der Waals surface area (Å²) < 4.78 is 7.89. The number of thioether (sulfide) groups is 1. The first-order valence-corrected chi connectivity index (χ1v) is 11.3. The lowest BCUT2D eigenvalue weighted by molar-refractivity contribution is -0.116. The molecule has 6 nitrogen and oxygen atoms in total. The Hall–Kier alpha value is -2.80. The molecule has 1 aromatic heterocycles. The van der Waals surface area contributed by atoms with Gasteiger partial charge in [0.15, 0.2) is 11.0 Å². The fourth-order valence-corrected chi connectivity index (χ4v) is 4.60. The minimum Gasteiger partial charge on any atom is -0.486 e. The summed E-state index contributed by atoms with van der Waals surface area (Å²) >= 11 is 1.44. The Morgan fingerprint density at radius 2 is 2.03 bits per heavy atom. The zero-order chi connectivity index (χ0) is 20.9. The molecule has 0 radical (unpaired) electrons. The molecule has 2 aromatic carbocycles. The SMILES string of the molecule is CCn1c(COc2cccc(C)c2)nnc1SCC(=O)N1CCCc2ccccc21. The monoisotopic (exact) mass is 422 g/mol. The van der Waals surface area contributed by atoms with E-state index >= 15 is 0 Å². The number of ether oxygens (including phenoxy) is 1. The molecular weight excluding hydrogens is 396 g/mol. The van der Waals surface area contributed by atoms with Gasteiger partial charge < -0.3 is 14.2 Å². The Kier molecular flexibility index (Phi) is 6.38. The molecule has 0 spiro atoms. The Bertz CT molecular complexity index is 1030. The van der Waals surface area contributed by atoms with E-state index in [4.69, 9.17) is 4.74 Å². The first kappa shape index (κ1) is 20.5. The van der Waals surface area contributed by atoms with Crippen LogP contribution in [0.1, 0.15) is 30.3 Å². The van der Waals surface area contributed by atoms with Crippen LogP contribution in [0.15, 0.2) is 53.7 Å². The van der Waals surface area contributed by atoms with Gasteiger partial charge in [0.05, 0.1) is 5.75 Å². The van der Waals surface area contributed by atoms with Crippen molar-refractivity contribution < 1.29 is 9.53 Å². The van der Waals surface area contributed by atoms with E-state index in [9.17, 15) is 4.79 Å². The zero-order valence-electron chi connectivity index (χ0n) is 17.4. The minimum absolute atomic E-state index is 0.107. The van der Waals surface area contributed by atoms with Crippen LogP contribution in [-0.2, 0) is 24.4 Å². The van der Waals surface area contributed by atoms with Crippen LogP contribution in [0.4, 0.5) is 5.69 Å². The van der Waals surface area contributed by atoms with E-state index in [1.54, 1.807) is 0 Å². The molecule has 30 heavy (non-hydrogen) atoms. The fraction of sp³-hybridized carbons (Fsp3) is 0.348. The summed E-state index contributed by atoms with van der Waals surface area (Å²) in [6.45, 7) is 5.92. The van der Waals surface area contributed by atoms with Crippen molar-refractivity contribution in [2.24, 2.45) is 0 Å². The number of benzene rings is 2. The molecule has 0 saturated heterocycles. The molecule has 1 aliphatic rings. The lowest BCUT2D eigenvalue weighted by Gasteiger charge is -2.29. The number of aromatic nitrogens is 3. The van der Waals surface area contributed by atoms with Gasteiger partial charge in [-0.05, 0) is 56.0 Å². The van der Waals surface area contributed by atoms with Gasteiger partial charge in [-0.2, -0.15) is 0 Å². The van der Waals surface area contributed by atoms with Crippen molar-refractivity contribution >= 4 is 23.4 Å². The van der Waals surface area contributed by atoms with E-state index in [-0.39, 0.29) is 5.91 Å². The van der Waals surface area contributed by atoms with E-state index in [1.165, 1.54) is 17.3 Å². The second kappa shape index (κ2) is 9.34. The van der Waals surface area contributed by atoms with Gasteiger partial charge >= 0.3 is 0 Å². The van der Waals surface area contributed by atoms with Crippen molar-refractivity contribution in [3.05, 3.63) is 65.5 Å². The lowest BCUT2D eigenvalue weighted by Crippen LogP contribution is -2.36. The number of hydrogen-bond acceptors (Lipinski definition) is 5. The number of carbonyl (C=O) groups is 1. The maximum absolute atomic E-state index is 12.9. The second-order valence-corrected chi connectivity index (χ2v) is 8.26. The zero-order valence-corrected chi connectivity index (χ0v) is 18.2. The summed E-state index contributed by atoms with van der Waals surface area (Å²) in [7, 11) is 0. The summed E-state index contributed by atoms with van der Waals surface area (Å²) in [6, 6.07) is 16.1. The van der Waals surface area contributed by atoms with Crippen molar-refractivity contribution in [3.63, 3.8) is 0 Å². The highest BCUT2D eigenvalue weighted by Gasteiger charge is 2.23. The number of rotatable bonds is 7. The molecule has 4 rings (SSSR count). The summed E-state index contributed by atoms with van der Waals surface area (Å²) in [6.07, 6.45) is 2.03. The molecule has 0 bridgehead atoms. The fourth-order valence-electron chi connectivity index (χ4n) is 3.70. The molecule has 0 fully saturated rings. The van der Waals surface area contributed by atoms with E-state index in [0.717, 1.165) is 53.9 Å². The third-order valence-electron chi connectivity index (χ3n) is 5.20. The van der Waals surface area contributed by atoms with Gasteiger partial charge in [-0.3, -0.25) is 4.79 Å². The van der Waals surface area contributed by atoms with Crippen molar-refractivity contribution in [3.8, 4) is 5.75 Å². The average Bonchev–Trinajstić information content (AvgIpc) is 3.17. The molecular formula is C23H26N4O2S. The Morgan fingerprint density at radius 1 is 1.17 bits per heavy atom. The van der Waals surface area contributed by atoms with Gasteiger partial charge in [0, 0.05) is 18.8 Å². The number of nitrogens with zero attached hydrogens (tertiary/aromatic N) is 4. The van der Waals surface area contributed by atoms with Crippen LogP contribution in [0.25, 0.3) is 0 Å². The molecule has 0 N–H and O–H groups in total. The molecule has 0 unspecified atom stereocenters. The third-order valence-corrected chi connectivity index (χ3v) is 6.15. The number of fused-ring (bicyclic) bond motifs is 1. The van der Waals surface area contributed by atoms with Crippen molar-refractivity contribution in [2.75, 3.05) is 17.2 Å². The minimum atomic E-state index is 0.107. The maximum Gasteiger partial charge on any atom is 0.237 e. The first-order valence-electron chi connectivity index (χ1n) is 10.3. The van der Waals surface area contributed by atoms with Crippen LogP contribution >= 0.6 is 11.8 Å². The predicted molar refractivity (Wildman–Crippen MR) is 119 cm³/mol. The molecule has 156 valence electrons. The summed E-state index contributed by atoms with van der Waals surface area (Å²) in [4.78, 5) is 14.8. The lowest BCUT2D eigenvalue weighted by atomic mass is 10.0. The number of para-hydroxylation sites is 1. The van der Waals surface area contributed by atoms with Gasteiger partial charge in [0.25, 0.3) is 0 Å². The molecule has 0 aliphatic carbocycles. The number of anilines is 1. The van der Waals surface area contributed by atoms with Crippen molar-refractivity contribution in [1.29, 1.82) is 0 Å². The normalized spacial score (nSPS) is 13.2. The van der Waals surface area contributed by atoms with Crippen LogP contribution in [0.2, 0.25) is 0 Å². The number of aryl methyl sites for hydroxylation is 2. The summed E-state index contributed by atoms with van der Waals surface area (Å²) in [5, 5.41) is 9.35. The highest BCUT2D eigenvalue weighted by atomic mass is 32.2. The van der Waals surface area contributed by atoms with Gasteiger partial charge in [0.1, 0.15) is 12.4 Å². The predicted octanol–water partition coefficient (Wildman–Crippen LogP) is 4.26. The van der Waals surface area contributed by atoms with Crippen LogP contribution in [-0.4, -0.2) is 33.0 Å². The Balaban J connectivity index is 1.40. The van der Waals surface area contributed by atoms with Crippen LogP contribution in [0.5, 0.6) is 5.75 Å². The van der Waals surface area contributed by atoms with E-state index < -0.39 is 0 Å². The van der Waals surface area contributed by atoms with Gasteiger partial charge in [-0.15, -0.1) is 10.2 Å². The summed E-state index contributed by atoms with van der Waals surface area (Å²) in [5.74, 6) is 2.02. The highest BCUT2D eigenvalue weighted by molar-refractivity contribution is 7.99. The molecule has 1 aliphatic heterocycles. The number of carbonyl (C=O) groups excluding carboxylic acids is 1. The Morgan fingerprint density at radius 3 is 2.87 bits per heavy atom. The molecule has 3 aromatic rings. The summed E-state index contributed by atoms with van der Waals surface area (Å²) in [5.41, 5.74) is 3.44. The third kappa shape index (κ3) is 4.51. The van der Waals surface area contributed by atoms with Crippen LogP contribution in [0, 0.1) is 6.92 Å². The van der Waals surface area contributed by atoms with Gasteiger partial charge in [0.2, 0.25) is 5.91 Å². The molecule has 2 heterocycles. The average molecular weight is 423 g/mol.